The summed E-state index contributed by atoms with van der Waals surface area (Å²) in [5.74, 6) is -0.323. The summed E-state index contributed by atoms with van der Waals surface area (Å²) in [5, 5.41) is 3.75. The number of nitrogens with zero attached hydrogens (tertiary/aromatic N) is 3. The van der Waals surface area contributed by atoms with Crippen LogP contribution in [-0.4, -0.2) is 72.1 Å². The van der Waals surface area contributed by atoms with E-state index >= 15 is 4.79 Å². The molecule has 0 fully saturated rings. The molecule has 0 atom stereocenters. The van der Waals surface area contributed by atoms with Crippen molar-refractivity contribution in [2.75, 3.05) is 39.0 Å². The van der Waals surface area contributed by atoms with Crippen LogP contribution in [0.25, 0.3) is 0 Å². The number of unbranched alkanes of at least 4 members (excludes halogenated alkanes) is 31. The highest BCUT2D eigenvalue weighted by Gasteiger charge is 2.34. The number of rotatable bonds is 51. The molecule has 4 amide bonds. The molecule has 77 heavy (non-hydrogen) atoms. The molecule has 9 heteroatoms. The molecule has 8 nitrogen and oxygen atoms in total. The van der Waals surface area contributed by atoms with E-state index in [1.54, 1.807) is 4.90 Å². The van der Waals surface area contributed by atoms with E-state index < -0.39 is 0 Å². The normalized spacial score (nSPS) is 12.9. The van der Waals surface area contributed by atoms with Gasteiger partial charge in [-0.2, -0.15) is 0 Å². The van der Waals surface area contributed by atoms with Gasteiger partial charge in [0.05, 0.1) is 12.1 Å². The number of anilines is 1. The number of hydrogen-bond donors (Lipinski definition) is 1. The van der Waals surface area contributed by atoms with Crippen molar-refractivity contribution < 1.29 is 19.2 Å². The van der Waals surface area contributed by atoms with Crippen LogP contribution < -0.4 is 5.32 Å². The van der Waals surface area contributed by atoms with Gasteiger partial charge >= 0.3 is 0 Å². The standard InChI is InChI=1S/C68H118N4O4S/c1-6-9-12-15-18-21-24-27-30-33-36-39-42-45-48-51-58-72(65(75)54-50-47-44-41-38-35-32-29-26-23-20-17-14-11-8-3)68(76)66-61-56-59-71(64(74)55-52-57-70(4)5)60-62(61)77-67(66)69-63(73)53-49-46-43-40-37-34-31-28-25-22-19-16-13-10-7-2/h19-20,22-23,28-29,31-32H,6-18,21,24-27,30,33-60H2,1-5H3,(H,69,73)/b22-19-,23-20-,31-28-,32-29-. The van der Waals surface area contributed by atoms with Crippen molar-refractivity contribution in [2.24, 2.45) is 0 Å². The van der Waals surface area contributed by atoms with Crippen LogP contribution in [0, 0.1) is 0 Å². The average molecular weight is 1090 g/mol. The molecule has 1 aliphatic heterocycles. The molecule has 2 heterocycles. The molecule has 440 valence electrons. The highest BCUT2D eigenvalue weighted by Crippen LogP contribution is 2.39. The Balaban J connectivity index is 2.07. The maximum Gasteiger partial charge on any atom is 0.263 e. The van der Waals surface area contributed by atoms with E-state index in [4.69, 9.17) is 0 Å². The minimum atomic E-state index is -0.269. The fraction of sp³-hybridized carbons (Fsp3) is 0.765. The smallest absolute Gasteiger partial charge is 0.263 e. The number of carbonyl (C=O) groups excluding carboxylic acids is 4. The van der Waals surface area contributed by atoms with Gasteiger partial charge in [-0.15, -0.1) is 11.3 Å². The van der Waals surface area contributed by atoms with Gasteiger partial charge in [0.25, 0.3) is 5.91 Å². The Labute approximate surface area is 478 Å². The van der Waals surface area contributed by atoms with Gasteiger partial charge in [-0.3, -0.25) is 24.1 Å². The van der Waals surface area contributed by atoms with Crippen LogP contribution in [0.15, 0.2) is 48.6 Å². The summed E-state index contributed by atoms with van der Waals surface area (Å²) in [7, 11) is 4.05. The van der Waals surface area contributed by atoms with E-state index in [-0.39, 0.29) is 23.6 Å². The fourth-order valence-electron chi connectivity index (χ4n) is 10.4. The molecule has 1 aromatic rings. The van der Waals surface area contributed by atoms with Crippen LogP contribution in [0.5, 0.6) is 0 Å². The summed E-state index contributed by atoms with van der Waals surface area (Å²) < 4.78 is 0. The van der Waals surface area contributed by atoms with Gasteiger partial charge in [0.15, 0.2) is 0 Å². The van der Waals surface area contributed by atoms with Gasteiger partial charge in [-0.25, -0.2) is 0 Å². The maximum atomic E-state index is 15.1. The molecular weight excluding hydrogens is 969 g/mol. The summed E-state index contributed by atoms with van der Waals surface area (Å²) in [4.78, 5) is 63.0. The van der Waals surface area contributed by atoms with Gasteiger partial charge in [-0.05, 0) is 123 Å². The maximum absolute atomic E-state index is 15.1. The summed E-state index contributed by atoms with van der Waals surface area (Å²) in [6.07, 6.45) is 65.8. The lowest BCUT2D eigenvalue weighted by atomic mass is 10.0. The third-order valence-electron chi connectivity index (χ3n) is 15.3. The summed E-state index contributed by atoms with van der Waals surface area (Å²) in [6.45, 7) is 8.99. The lowest BCUT2D eigenvalue weighted by molar-refractivity contribution is -0.132. The van der Waals surface area contributed by atoms with E-state index in [0.717, 1.165) is 133 Å². The van der Waals surface area contributed by atoms with E-state index in [2.05, 4.69) is 79.6 Å². The number of thiophene rings is 1. The summed E-state index contributed by atoms with van der Waals surface area (Å²) in [5.41, 5.74) is 1.40. The van der Waals surface area contributed by atoms with E-state index in [1.807, 2.05) is 19.0 Å². The van der Waals surface area contributed by atoms with Gasteiger partial charge in [-0.1, -0.05) is 230 Å². The summed E-state index contributed by atoms with van der Waals surface area (Å²) in [6, 6.07) is 0. The quantitative estimate of drug-likeness (QED) is 0.0519. The number of fused-ring (bicyclic) bond motifs is 1. The molecule has 0 saturated heterocycles. The van der Waals surface area contributed by atoms with E-state index in [9.17, 15) is 14.4 Å². The van der Waals surface area contributed by atoms with Crippen LogP contribution in [0.2, 0.25) is 0 Å². The predicted octanol–water partition coefficient (Wildman–Crippen LogP) is 19.8. The average Bonchev–Trinajstić information content (AvgIpc) is 3.78. The molecule has 0 unspecified atom stereocenters. The van der Waals surface area contributed by atoms with Crippen molar-refractivity contribution in [1.29, 1.82) is 0 Å². The van der Waals surface area contributed by atoms with Crippen molar-refractivity contribution >= 4 is 40.0 Å². The zero-order valence-corrected chi connectivity index (χ0v) is 51.6. The highest BCUT2D eigenvalue weighted by atomic mass is 32.1. The zero-order valence-electron chi connectivity index (χ0n) is 50.7. The predicted molar refractivity (Wildman–Crippen MR) is 334 cm³/mol. The second kappa shape index (κ2) is 49.7. The van der Waals surface area contributed by atoms with Crippen LogP contribution in [-0.2, 0) is 27.3 Å². The van der Waals surface area contributed by atoms with Crippen LogP contribution in [0.4, 0.5) is 5.00 Å². The lowest BCUT2D eigenvalue weighted by Gasteiger charge is -2.28. The van der Waals surface area contributed by atoms with Crippen molar-refractivity contribution in [3.63, 3.8) is 0 Å². The number of carbonyl (C=O) groups is 4. The Hall–Kier alpha value is -3.30. The number of amides is 4. The lowest BCUT2D eigenvalue weighted by Crippen LogP contribution is -2.39. The van der Waals surface area contributed by atoms with Crippen molar-refractivity contribution in [1.82, 2.24) is 14.7 Å². The molecule has 0 saturated carbocycles. The number of nitrogens with one attached hydrogen (secondary N) is 1. The van der Waals surface area contributed by atoms with Gasteiger partial charge in [0.2, 0.25) is 17.7 Å². The minimum absolute atomic E-state index is 0.0826. The monoisotopic (exact) mass is 1090 g/mol. The van der Waals surface area contributed by atoms with Crippen LogP contribution >= 0.6 is 11.3 Å². The summed E-state index contributed by atoms with van der Waals surface area (Å²) >= 11 is 1.44. The minimum Gasteiger partial charge on any atom is -0.337 e. The first-order valence-electron chi connectivity index (χ1n) is 32.5. The van der Waals surface area contributed by atoms with E-state index in [1.165, 1.54) is 146 Å². The number of hydrogen-bond acceptors (Lipinski definition) is 6. The van der Waals surface area contributed by atoms with E-state index in [0.29, 0.717) is 55.9 Å². The van der Waals surface area contributed by atoms with Crippen LogP contribution in [0.3, 0.4) is 0 Å². The Morgan fingerprint density at radius 1 is 0.481 bits per heavy atom. The Morgan fingerprint density at radius 2 is 0.896 bits per heavy atom. The Bertz CT molecular complexity index is 1760. The molecule has 0 aliphatic carbocycles. The SMILES string of the molecule is CCCCC/C=C\C/C=C\CCCCCCCC(=O)Nc1sc2c(c1C(=O)N(CCCCCCCCCCCCCCCCCC)C(=O)CCCCCCC/C=C\C/C=C\CCCCC)CCN(C(=O)CCCN(C)C)C2. The molecular formula is C68H118N4O4S. The first-order valence-corrected chi connectivity index (χ1v) is 33.4. The Kier molecular flexibility index (Phi) is 45.1. The van der Waals surface area contributed by atoms with Crippen molar-refractivity contribution in [2.45, 2.75) is 303 Å². The van der Waals surface area contributed by atoms with Crippen LogP contribution in [0.1, 0.15) is 311 Å². The molecule has 0 bridgehead atoms. The van der Waals surface area contributed by atoms with Crippen molar-refractivity contribution in [3.05, 3.63) is 64.6 Å². The van der Waals surface area contributed by atoms with Gasteiger partial charge in [0, 0.05) is 37.2 Å². The topological polar surface area (TPSA) is 90.0 Å². The largest absolute Gasteiger partial charge is 0.337 e. The van der Waals surface area contributed by atoms with Gasteiger partial charge < -0.3 is 15.1 Å². The molecule has 0 aromatic carbocycles. The number of allylic oxidation sites excluding steroid dienone is 8. The second-order valence-electron chi connectivity index (χ2n) is 22.8. The Morgan fingerprint density at radius 3 is 1.38 bits per heavy atom. The molecule has 1 N–H and O–H groups in total. The molecule has 0 spiro atoms. The zero-order chi connectivity index (χ0) is 55.7. The highest BCUT2D eigenvalue weighted by molar-refractivity contribution is 7.17. The third-order valence-corrected chi connectivity index (χ3v) is 16.5. The molecule has 1 aliphatic rings. The molecule has 2 rings (SSSR count). The molecule has 0 radical (unpaired) electrons. The first-order chi connectivity index (χ1) is 37.7. The third kappa shape index (κ3) is 36.6. The fourth-order valence-corrected chi connectivity index (χ4v) is 11.7. The number of imide groups is 1. The first kappa shape index (κ1) is 69.8. The van der Waals surface area contributed by atoms with Crippen molar-refractivity contribution in [3.8, 4) is 0 Å². The van der Waals surface area contributed by atoms with Gasteiger partial charge in [0.1, 0.15) is 5.00 Å². The second-order valence-corrected chi connectivity index (χ2v) is 23.9. The molecule has 1 aromatic heterocycles.